The van der Waals surface area contributed by atoms with Gasteiger partial charge in [0.1, 0.15) is 6.29 Å². The van der Waals surface area contributed by atoms with Crippen molar-refractivity contribution in [2.75, 3.05) is 75.5 Å². The first-order valence-electron chi connectivity index (χ1n) is 11.9. The van der Waals surface area contributed by atoms with Gasteiger partial charge in [0.05, 0.1) is 26.4 Å². The zero-order valence-corrected chi connectivity index (χ0v) is 20.2. The number of hydrogen-bond acceptors (Lipinski definition) is 7. The molecule has 0 unspecified atom stereocenters. The van der Waals surface area contributed by atoms with Crippen LogP contribution >= 0.6 is 0 Å². The molecule has 2 aliphatic heterocycles. The largest absolute Gasteiger partial charge is 0.378 e. The normalized spacial score (nSPS) is 15.6. The second-order valence-electron chi connectivity index (χ2n) is 7.77. The Bertz CT molecular complexity index is 791. The zero-order chi connectivity index (χ0) is 23.7. The molecule has 7 heteroatoms. The molecule has 33 heavy (non-hydrogen) atoms. The maximum atomic E-state index is 10.6. The molecule has 2 aromatic carbocycles. The molecule has 2 heterocycles. The second-order valence-corrected chi connectivity index (χ2v) is 7.77. The predicted molar refractivity (Wildman–Crippen MR) is 136 cm³/mol. The molecular formula is C26H40N4O3. The molecular weight excluding hydrogens is 416 g/mol. The molecule has 2 saturated heterocycles. The van der Waals surface area contributed by atoms with Crippen molar-refractivity contribution >= 4 is 17.7 Å². The van der Waals surface area contributed by atoms with Crippen molar-refractivity contribution in [3.8, 4) is 0 Å². The summed E-state index contributed by atoms with van der Waals surface area (Å²) in [5.74, 6) is 0. The van der Waals surface area contributed by atoms with Crippen LogP contribution in [-0.2, 0) is 16.0 Å². The van der Waals surface area contributed by atoms with E-state index in [1.54, 1.807) is 0 Å². The van der Waals surface area contributed by atoms with E-state index in [9.17, 15) is 4.79 Å². The number of aldehydes is 1. The average molecular weight is 457 g/mol. The highest BCUT2D eigenvalue weighted by atomic mass is 16.5. The molecule has 0 radical (unpaired) electrons. The Labute approximate surface area is 198 Å². The van der Waals surface area contributed by atoms with Crippen LogP contribution in [0.1, 0.15) is 29.8 Å². The van der Waals surface area contributed by atoms with Crippen LogP contribution in [0.2, 0.25) is 0 Å². The number of benzene rings is 2. The fourth-order valence-corrected chi connectivity index (χ4v) is 3.57. The van der Waals surface area contributed by atoms with Crippen LogP contribution in [0.5, 0.6) is 0 Å². The summed E-state index contributed by atoms with van der Waals surface area (Å²) in [5.41, 5.74) is 9.36. The van der Waals surface area contributed by atoms with Gasteiger partial charge in [-0.15, -0.1) is 0 Å². The number of anilines is 2. The highest BCUT2D eigenvalue weighted by molar-refractivity contribution is 5.77. The van der Waals surface area contributed by atoms with Gasteiger partial charge in [0, 0.05) is 49.7 Å². The summed E-state index contributed by atoms with van der Waals surface area (Å²) in [6, 6.07) is 16.4. The van der Waals surface area contributed by atoms with Crippen LogP contribution < -0.4 is 20.9 Å². The van der Waals surface area contributed by atoms with E-state index >= 15 is 0 Å². The Morgan fingerprint density at radius 2 is 1.39 bits per heavy atom. The standard InChI is InChI=1S/C13H20N2O.C11H13NO2.C2H7N/c1-2-14-11-12-4-3-5-13(10-12)15-6-8-16-9-7-15;13-9-10-2-1-3-11(8-10)12-4-6-14-7-5-12;1-2-3/h3-5,10,14H,2,6-9,11H2,1H3;1-3,8-9H,4-7H2;2-3H2,1H3. The maximum Gasteiger partial charge on any atom is 0.150 e. The third-order valence-corrected chi connectivity index (χ3v) is 5.25. The minimum atomic E-state index is 0.731. The molecule has 4 rings (SSSR count). The van der Waals surface area contributed by atoms with Crippen LogP contribution in [0.4, 0.5) is 11.4 Å². The van der Waals surface area contributed by atoms with Gasteiger partial charge in [-0.25, -0.2) is 0 Å². The molecule has 3 N–H and O–H groups in total. The van der Waals surface area contributed by atoms with Gasteiger partial charge in [0.25, 0.3) is 0 Å². The summed E-state index contributed by atoms with van der Waals surface area (Å²) < 4.78 is 10.6. The van der Waals surface area contributed by atoms with E-state index in [0.717, 1.165) is 89.8 Å². The third-order valence-electron chi connectivity index (χ3n) is 5.25. The summed E-state index contributed by atoms with van der Waals surface area (Å²) in [6.45, 7) is 13.8. The minimum absolute atomic E-state index is 0.731. The molecule has 182 valence electrons. The molecule has 0 aliphatic carbocycles. The number of morpholine rings is 2. The van der Waals surface area contributed by atoms with Crippen LogP contribution in [0.25, 0.3) is 0 Å². The Balaban J connectivity index is 0.000000210. The van der Waals surface area contributed by atoms with E-state index in [1.165, 1.54) is 11.3 Å². The van der Waals surface area contributed by atoms with E-state index in [1.807, 2.05) is 31.2 Å². The predicted octanol–water partition coefficient (Wildman–Crippen LogP) is 2.93. The summed E-state index contributed by atoms with van der Waals surface area (Å²) in [5, 5.41) is 3.35. The van der Waals surface area contributed by atoms with Crippen molar-refractivity contribution in [3.05, 3.63) is 59.7 Å². The van der Waals surface area contributed by atoms with Crippen molar-refractivity contribution < 1.29 is 14.3 Å². The fourth-order valence-electron chi connectivity index (χ4n) is 3.57. The number of ether oxygens (including phenoxy) is 2. The molecule has 0 spiro atoms. The molecule has 2 aromatic rings. The smallest absolute Gasteiger partial charge is 0.150 e. The van der Waals surface area contributed by atoms with E-state index in [2.05, 4.69) is 46.3 Å². The molecule has 0 amide bonds. The summed E-state index contributed by atoms with van der Waals surface area (Å²) in [6.07, 6.45) is 0.879. The summed E-state index contributed by atoms with van der Waals surface area (Å²) in [4.78, 5) is 15.2. The van der Waals surface area contributed by atoms with Gasteiger partial charge in [0.2, 0.25) is 0 Å². The monoisotopic (exact) mass is 456 g/mol. The van der Waals surface area contributed by atoms with Gasteiger partial charge in [-0.05, 0) is 42.9 Å². The summed E-state index contributed by atoms with van der Waals surface area (Å²) >= 11 is 0. The lowest BCUT2D eigenvalue weighted by atomic mass is 10.2. The number of nitrogens with one attached hydrogen (secondary N) is 1. The second kappa shape index (κ2) is 16.2. The van der Waals surface area contributed by atoms with Crippen molar-refractivity contribution in [2.45, 2.75) is 20.4 Å². The average Bonchev–Trinajstić information content (AvgIpc) is 2.89. The molecule has 0 bridgehead atoms. The van der Waals surface area contributed by atoms with Crippen molar-refractivity contribution in [1.29, 1.82) is 0 Å². The van der Waals surface area contributed by atoms with Gasteiger partial charge < -0.3 is 30.3 Å². The lowest BCUT2D eigenvalue weighted by molar-refractivity contribution is 0.112. The first-order chi connectivity index (χ1) is 16.2. The zero-order valence-electron chi connectivity index (χ0n) is 20.2. The van der Waals surface area contributed by atoms with Crippen LogP contribution in [-0.4, -0.2) is 72.0 Å². The minimum Gasteiger partial charge on any atom is -0.378 e. The van der Waals surface area contributed by atoms with Gasteiger partial charge in [-0.3, -0.25) is 4.79 Å². The molecule has 0 aromatic heterocycles. The van der Waals surface area contributed by atoms with Gasteiger partial charge in [-0.2, -0.15) is 0 Å². The van der Waals surface area contributed by atoms with Gasteiger partial charge >= 0.3 is 0 Å². The number of nitrogens with zero attached hydrogens (tertiary/aromatic N) is 2. The number of carbonyl (C=O) groups is 1. The number of hydrogen-bond donors (Lipinski definition) is 2. The van der Waals surface area contributed by atoms with Crippen molar-refractivity contribution in [3.63, 3.8) is 0 Å². The van der Waals surface area contributed by atoms with Crippen LogP contribution in [0.15, 0.2) is 48.5 Å². The van der Waals surface area contributed by atoms with Crippen LogP contribution in [0, 0.1) is 0 Å². The Kier molecular flexibility index (Phi) is 13.2. The van der Waals surface area contributed by atoms with Crippen LogP contribution in [0.3, 0.4) is 0 Å². The Morgan fingerprint density at radius 3 is 1.91 bits per heavy atom. The number of rotatable bonds is 6. The molecule has 2 fully saturated rings. The highest BCUT2D eigenvalue weighted by Crippen LogP contribution is 2.18. The summed E-state index contributed by atoms with van der Waals surface area (Å²) in [7, 11) is 0. The van der Waals surface area contributed by atoms with Crippen molar-refractivity contribution in [1.82, 2.24) is 5.32 Å². The van der Waals surface area contributed by atoms with Gasteiger partial charge in [-0.1, -0.05) is 38.1 Å². The third kappa shape index (κ3) is 9.92. The SMILES string of the molecule is CCN.CCNCc1cccc(N2CCOCC2)c1.O=Cc1cccc(N2CCOCC2)c1. The topological polar surface area (TPSA) is 80.1 Å². The molecule has 7 nitrogen and oxygen atoms in total. The van der Waals surface area contributed by atoms with Crippen molar-refractivity contribution in [2.24, 2.45) is 5.73 Å². The lowest BCUT2D eigenvalue weighted by Crippen LogP contribution is -2.36. The molecule has 2 aliphatic rings. The maximum absolute atomic E-state index is 10.6. The highest BCUT2D eigenvalue weighted by Gasteiger charge is 2.11. The van der Waals surface area contributed by atoms with E-state index < -0.39 is 0 Å². The molecule has 0 saturated carbocycles. The number of nitrogens with two attached hydrogens (primary N) is 1. The first-order valence-corrected chi connectivity index (χ1v) is 11.9. The number of carbonyl (C=O) groups excluding carboxylic acids is 1. The van der Waals surface area contributed by atoms with E-state index in [4.69, 9.17) is 15.2 Å². The fraction of sp³-hybridized carbons (Fsp3) is 0.500. The Hall–Kier alpha value is -2.45. The lowest BCUT2D eigenvalue weighted by Gasteiger charge is -2.29. The van der Waals surface area contributed by atoms with E-state index in [-0.39, 0.29) is 0 Å². The molecule has 0 atom stereocenters. The quantitative estimate of drug-likeness (QED) is 0.647. The van der Waals surface area contributed by atoms with Gasteiger partial charge in [0.15, 0.2) is 0 Å². The first kappa shape index (κ1) is 26.8. The Morgan fingerprint density at radius 1 is 0.879 bits per heavy atom. The van der Waals surface area contributed by atoms with E-state index in [0.29, 0.717) is 0 Å².